The Morgan fingerprint density at radius 2 is 0.982 bits per heavy atom. The molecule has 7 aromatic rings. The number of thiophene rings is 1. The highest BCUT2D eigenvalue weighted by atomic mass is 32.1. The van der Waals surface area contributed by atoms with Crippen molar-refractivity contribution in [1.82, 2.24) is 4.57 Å². The number of aromatic nitrogens is 1. The molecular weight excluding hydrogens is 695 g/mol. The molecule has 0 spiro atoms. The zero-order chi connectivity index (χ0) is 38.6. The molecule has 0 atom stereocenters. The highest BCUT2D eigenvalue weighted by Gasteiger charge is 2.42. The van der Waals surface area contributed by atoms with E-state index in [1.54, 1.807) is 11.1 Å². The van der Waals surface area contributed by atoms with Gasteiger partial charge in [-0.25, -0.2) is 0 Å². The van der Waals surface area contributed by atoms with Crippen molar-refractivity contribution in [2.75, 3.05) is 0 Å². The maximum absolute atomic E-state index is 2.62. The zero-order valence-electron chi connectivity index (χ0n) is 34.6. The molecule has 0 saturated heterocycles. The number of benzene rings is 5. The van der Waals surface area contributed by atoms with Crippen molar-refractivity contribution >= 4 is 33.1 Å². The third-order valence-corrected chi connectivity index (χ3v) is 13.9. The van der Waals surface area contributed by atoms with Crippen molar-refractivity contribution in [2.24, 2.45) is 0 Å². The maximum Gasteiger partial charge on any atom is 0.0541 e. The molecule has 2 aromatic heterocycles. The molecule has 0 radical (unpaired) electrons. The van der Waals surface area contributed by atoms with Crippen LogP contribution in [0.4, 0.5) is 0 Å². The summed E-state index contributed by atoms with van der Waals surface area (Å²) >= 11 is 1.88. The van der Waals surface area contributed by atoms with Crippen molar-refractivity contribution in [3.8, 4) is 38.4 Å². The first kappa shape index (κ1) is 38.5. The maximum atomic E-state index is 2.62. The number of fused-ring (bicyclic) bond motifs is 6. The van der Waals surface area contributed by atoms with Crippen LogP contribution in [-0.2, 0) is 5.41 Å². The summed E-state index contributed by atoms with van der Waals surface area (Å²) < 4.78 is 2.46. The van der Waals surface area contributed by atoms with Gasteiger partial charge in [0.25, 0.3) is 0 Å². The Hall–Kier alpha value is -4.40. The summed E-state index contributed by atoms with van der Waals surface area (Å²) in [6.45, 7) is 11.3. The topological polar surface area (TPSA) is 4.93 Å². The monoisotopic (exact) mass is 755 g/mol. The number of hydrogen-bond donors (Lipinski definition) is 0. The average Bonchev–Trinajstić information content (AvgIpc) is 3.87. The van der Waals surface area contributed by atoms with Crippen molar-refractivity contribution in [3.63, 3.8) is 0 Å². The number of unbranched alkanes of at least 4 members (excludes halogenated alkanes) is 10. The van der Waals surface area contributed by atoms with Crippen LogP contribution in [0.15, 0.2) is 109 Å². The van der Waals surface area contributed by atoms with Crippen LogP contribution in [0, 0.1) is 20.8 Å². The Balaban J connectivity index is 1.24. The van der Waals surface area contributed by atoms with Gasteiger partial charge in [-0.05, 0) is 127 Å². The van der Waals surface area contributed by atoms with E-state index in [4.69, 9.17) is 0 Å². The normalized spacial score (nSPS) is 13.2. The average molecular weight is 756 g/mol. The van der Waals surface area contributed by atoms with E-state index in [-0.39, 0.29) is 5.41 Å². The van der Waals surface area contributed by atoms with Gasteiger partial charge in [0.2, 0.25) is 0 Å². The van der Waals surface area contributed by atoms with Crippen molar-refractivity contribution in [1.29, 1.82) is 0 Å². The van der Waals surface area contributed by atoms with Gasteiger partial charge in [-0.2, -0.15) is 0 Å². The molecule has 0 N–H and O–H groups in total. The summed E-state index contributed by atoms with van der Waals surface area (Å²) in [5.74, 6) is 0. The van der Waals surface area contributed by atoms with Crippen LogP contribution in [0.25, 0.3) is 60.2 Å². The van der Waals surface area contributed by atoms with Crippen LogP contribution < -0.4 is 0 Å². The molecule has 288 valence electrons. The van der Waals surface area contributed by atoms with Crippen LogP contribution in [-0.4, -0.2) is 4.57 Å². The number of aryl methyl sites for hydroxylation is 3. The van der Waals surface area contributed by atoms with Crippen LogP contribution in [0.3, 0.4) is 0 Å². The van der Waals surface area contributed by atoms with E-state index in [0.29, 0.717) is 0 Å². The molecule has 1 aliphatic carbocycles. The predicted octanol–water partition coefficient (Wildman–Crippen LogP) is 16.9. The minimum Gasteiger partial charge on any atom is -0.309 e. The van der Waals surface area contributed by atoms with E-state index >= 15 is 0 Å². The minimum atomic E-state index is 0.0709. The summed E-state index contributed by atoms with van der Waals surface area (Å²) in [5, 5.41) is 2.63. The molecule has 8 rings (SSSR count). The first-order chi connectivity index (χ1) is 27.4. The lowest BCUT2D eigenvalue weighted by molar-refractivity contribution is 0.398. The summed E-state index contributed by atoms with van der Waals surface area (Å²) in [6.07, 6.45) is 18.6. The van der Waals surface area contributed by atoms with E-state index in [0.717, 1.165) is 0 Å². The standard InChI is InChI=1S/C54H61NS/c1-6-8-10-12-14-16-32-54(33-17-15-13-11-9-7-2)49-34-39(4)20-27-45(49)46-28-22-42(37-50(46)54)41-23-29-51-47(35-41)48-36-43(53-31-21-40(5)56-53)24-30-52(48)55(51)44-25-18-38(3)19-26-44/h18-31,34-37H,6-17,32-33H2,1-5H3. The van der Waals surface area contributed by atoms with Crippen LogP contribution in [0.5, 0.6) is 0 Å². The van der Waals surface area contributed by atoms with E-state index in [1.165, 1.54) is 166 Å². The Labute approximate surface area is 340 Å². The fourth-order valence-electron chi connectivity index (χ4n) is 9.78. The van der Waals surface area contributed by atoms with Gasteiger partial charge in [0.1, 0.15) is 0 Å². The Morgan fingerprint density at radius 1 is 0.464 bits per heavy atom. The molecule has 0 aliphatic heterocycles. The van der Waals surface area contributed by atoms with Gasteiger partial charge >= 0.3 is 0 Å². The Bertz CT molecular complexity index is 2420. The molecule has 5 aromatic carbocycles. The smallest absolute Gasteiger partial charge is 0.0541 e. The van der Waals surface area contributed by atoms with Crippen molar-refractivity contribution in [3.05, 3.63) is 136 Å². The van der Waals surface area contributed by atoms with Gasteiger partial charge in [-0.1, -0.05) is 157 Å². The second kappa shape index (κ2) is 17.0. The fraction of sp³-hybridized carbons (Fsp3) is 0.370. The molecule has 2 heterocycles. The van der Waals surface area contributed by atoms with E-state index in [2.05, 4.69) is 148 Å². The molecule has 2 heteroatoms. The predicted molar refractivity (Wildman–Crippen MR) is 246 cm³/mol. The first-order valence-electron chi connectivity index (χ1n) is 21.9. The second-order valence-electron chi connectivity index (χ2n) is 17.0. The number of hydrogen-bond acceptors (Lipinski definition) is 1. The fourth-order valence-corrected chi connectivity index (χ4v) is 10.6. The lowest BCUT2D eigenvalue weighted by Crippen LogP contribution is -2.25. The Morgan fingerprint density at radius 3 is 1.61 bits per heavy atom. The zero-order valence-corrected chi connectivity index (χ0v) is 35.5. The minimum absolute atomic E-state index is 0.0709. The van der Waals surface area contributed by atoms with E-state index in [9.17, 15) is 0 Å². The lowest BCUT2D eigenvalue weighted by Gasteiger charge is -2.33. The third-order valence-electron chi connectivity index (χ3n) is 12.8. The number of rotatable bonds is 17. The largest absolute Gasteiger partial charge is 0.309 e. The second-order valence-corrected chi connectivity index (χ2v) is 18.3. The van der Waals surface area contributed by atoms with Crippen LogP contribution in [0.2, 0.25) is 0 Å². The summed E-state index contributed by atoms with van der Waals surface area (Å²) in [7, 11) is 0. The SMILES string of the molecule is CCCCCCCCC1(CCCCCCCC)c2cc(C)ccc2-c2ccc(-c3ccc4c(c3)c3cc(-c5ccc(C)s5)ccc3n4-c3ccc(C)cc3)cc21. The molecular formula is C54H61NS. The van der Waals surface area contributed by atoms with Gasteiger partial charge in [-0.15, -0.1) is 11.3 Å². The Kier molecular flexibility index (Phi) is 11.7. The van der Waals surface area contributed by atoms with Crippen LogP contribution >= 0.6 is 11.3 Å². The van der Waals surface area contributed by atoms with Gasteiger partial charge in [0.05, 0.1) is 11.0 Å². The highest BCUT2D eigenvalue weighted by Crippen LogP contribution is 2.55. The first-order valence-corrected chi connectivity index (χ1v) is 22.7. The molecule has 1 nitrogen and oxygen atoms in total. The molecule has 0 saturated carbocycles. The van der Waals surface area contributed by atoms with Crippen molar-refractivity contribution < 1.29 is 0 Å². The van der Waals surface area contributed by atoms with E-state index < -0.39 is 0 Å². The molecule has 0 bridgehead atoms. The van der Waals surface area contributed by atoms with Gasteiger partial charge in [0.15, 0.2) is 0 Å². The molecule has 56 heavy (non-hydrogen) atoms. The molecule has 0 fully saturated rings. The van der Waals surface area contributed by atoms with Gasteiger partial charge < -0.3 is 4.57 Å². The molecule has 1 aliphatic rings. The lowest BCUT2D eigenvalue weighted by atomic mass is 9.70. The number of nitrogens with zero attached hydrogens (tertiary/aromatic N) is 1. The quantitative estimate of drug-likeness (QED) is 0.0816. The highest BCUT2D eigenvalue weighted by molar-refractivity contribution is 7.15. The van der Waals surface area contributed by atoms with Gasteiger partial charge in [-0.3, -0.25) is 0 Å². The van der Waals surface area contributed by atoms with Crippen molar-refractivity contribution in [2.45, 2.75) is 130 Å². The summed E-state index contributed by atoms with van der Waals surface area (Å²) in [5.41, 5.74) is 16.5. The van der Waals surface area contributed by atoms with E-state index in [1.807, 2.05) is 11.3 Å². The molecule has 0 amide bonds. The van der Waals surface area contributed by atoms with Crippen LogP contribution in [0.1, 0.15) is 131 Å². The summed E-state index contributed by atoms with van der Waals surface area (Å²) in [4.78, 5) is 2.68. The van der Waals surface area contributed by atoms with Gasteiger partial charge in [0, 0.05) is 31.6 Å². The third kappa shape index (κ3) is 7.55. The summed E-state index contributed by atoms with van der Waals surface area (Å²) in [6, 6.07) is 42.7. The molecule has 0 unspecified atom stereocenters.